The molecule has 1 fully saturated rings. The van der Waals surface area contributed by atoms with Gasteiger partial charge in [0.2, 0.25) is 0 Å². The molecule has 7 nitrogen and oxygen atoms in total. The molecule has 2 aliphatic heterocycles. The molecule has 0 atom stereocenters. The minimum Gasteiger partial charge on any atom is -0.359 e. The van der Waals surface area contributed by atoms with Crippen LogP contribution in [0.4, 0.5) is 5.82 Å². The van der Waals surface area contributed by atoms with Gasteiger partial charge in [-0.3, -0.25) is 4.79 Å². The summed E-state index contributed by atoms with van der Waals surface area (Å²) in [5.41, 5.74) is 8.08. The van der Waals surface area contributed by atoms with Gasteiger partial charge in [-0.2, -0.15) is 0 Å². The number of carbonyl (C=O) groups excluding carboxylic acids is 1. The number of benzene rings is 1. The van der Waals surface area contributed by atoms with Crippen LogP contribution >= 0.6 is 0 Å². The molecule has 0 aliphatic carbocycles. The van der Waals surface area contributed by atoms with E-state index in [4.69, 9.17) is 0 Å². The van der Waals surface area contributed by atoms with Gasteiger partial charge in [0.15, 0.2) is 0 Å². The van der Waals surface area contributed by atoms with Crippen LogP contribution in [0.2, 0.25) is 0 Å². The Morgan fingerprint density at radius 3 is 2.62 bits per heavy atom. The second-order valence-corrected chi connectivity index (χ2v) is 11.3. The van der Waals surface area contributed by atoms with Crippen LogP contribution < -0.4 is 15.5 Å². The van der Waals surface area contributed by atoms with Gasteiger partial charge in [-0.05, 0) is 92.9 Å². The summed E-state index contributed by atoms with van der Waals surface area (Å²) in [6.07, 6.45) is 8.13. The van der Waals surface area contributed by atoms with E-state index in [2.05, 4.69) is 94.9 Å². The van der Waals surface area contributed by atoms with Gasteiger partial charge in [0.05, 0.1) is 0 Å². The predicted octanol–water partition coefficient (Wildman–Crippen LogP) is 5.88. The number of dihydropyridines is 1. The Labute approximate surface area is 238 Å². The lowest BCUT2D eigenvalue weighted by molar-refractivity contribution is 0.0959. The summed E-state index contributed by atoms with van der Waals surface area (Å²) in [5, 5.41) is 7.51. The minimum atomic E-state index is -0.0795. The van der Waals surface area contributed by atoms with Crippen LogP contribution in [0, 0.1) is 0 Å². The van der Waals surface area contributed by atoms with Gasteiger partial charge in [0.1, 0.15) is 5.82 Å². The quantitative estimate of drug-likeness (QED) is 0.375. The number of amides is 1. The van der Waals surface area contributed by atoms with Crippen LogP contribution in [-0.2, 0) is 0 Å². The van der Waals surface area contributed by atoms with Crippen molar-refractivity contribution in [3.8, 4) is 11.1 Å². The number of nitrogens with one attached hydrogen (secondary N) is 2. The zero-order chi connectivity index (χ0) is 28.4. The van der Waals surface area contributed by atoms with Gasteiger partial charge in [0, 0.05) is 79.0 Å². The van der Waals surface area contributed by atoms with Crippen LogP contribution in [0.15, 0.2) is 77.9 Å². The third-order valence-corrected chi connectivity index (χ3v) is 7.98. The number of hydrogen-bond donors (Lipinski definition) is 2. The summed E-state index contributed by atoms with van der Waals surface area (Å²) in [6, 6.07) is 10.8. The molecule has 210 valence electrons. The Morgan fingerprint density at radius 1 is 1.12 bits per heavy atom. The Morgan fingerprint density at radius 2 is 1.90 bits per heavy atom. The number of rotatable bonds is 8. The van der Waals surface area contributed by atoms with Crippen molar-refractivity contribution < 1.29 is 4.79 Å². The fourth-order valence-electron chi connectivity index (χ4n) is 5.74. The first-order valence-corrected chi connectivity index (χ1v) is 14.4. The third kappa shape index (κ3) is 5.70. The van der Waals surface area contributed by atoms with Crippen LogP contribution in [0.1, 0.15) is 56.9 Å². The Kier molecular flexibility index (Phi) is 8.12. The summed E-state index contributed by atoms with van der Waals surface area (Å²) in [5.74, 6) is 0.905. The van der Waals surface area contributed by atoms with Crippen molar-refractivity contribution in [2.24, 2.45) is 0 Å². The fourth-order valence-corrected chi connectivity index (χ4v) is 5.74. The SMILES string of the molecule is C=C1NC(C)=CC(CCC)=C1CNC(=O)c1cc(-c2ccnc(N3CCN(C)CC3)c2)cc2c1ccn2C(C)C. The van der Waals surface area contributed by atoms with E-state index < -0.39 is 0 Å². The largest absolute Gasteiger partial charge is 0.359 e. The highest BCUT2D eigenvalue weighted by Gasteiger charge is 2.20. The molecule has 2 N–H and O–H groups in total. The molecule has 0 saturated carbocycles. The number of aromatic nitrogens is 2. The number of fused-ring (bicyclic) bond motifs is 1. The van der Waals surface area contributed by atoms with E-state index in [0.29, 0.717) is 12.1 Å². The third-order valence-electron chi connectivity index (χ3n) is 7.98. The monoisotopic (exact) mass is 538 g/mol. The summed E-state index contributed by atoms with van der Waals surface area (Å²) >= 11 is 0. The molecule has 0 unspecified atom stereocenters. The van der Waals surface area contributed by atoms with Gasteiger partial charge < -0.3 is 25.0 Å². The first kappa shape index (κ1) is 27.7. The fraction of sp³-hybridized carbons (Fsp3) is 0.394. The van der Waals surface area contributed by atoms with Crippen molar-refractivity contribution in [1.29, 1.82) is 0 Å². The molecular weight excluding hydrogens is 496 g/mol. The standard InChI is InChI=1S/C33H42N6O/c1-7-8-26-17-23(4)36-24(5)30(26)21-35-33(40)29-18-27(19-31-28(29)10-12-39(31)22(2)3)25-9-11-34-32(20-25)38-15-13-37(6)14-16-38/h9-12,17-20,22,36H,5,7-8,13-16,21H2,1-4,6H3,(H,35,40). The second-order valence-electron chi connectivity index (χ2n) is 11.3. The van der Waals surface area contributed by atoms with E-state index >= 15 is 0 Å². The number of carbonyl (C=O) groups is 1. The van der Waals surface area contributed by atoms with Crippen molar-refractivity contribution in [3.05, 3.63) is 83.5 Å². The van der Waals surface area contributed by atoms with Crippen molar-refractivity contribution in [3.63, 3.8) is 0 Å². The molecular formula is C33H42N6O. The zero-order valence-corrected chi connectivity index (χ0v) is 24.6. The van der Waals surface area contributed by atoms with Gasteiger partial charge >= 0.3 is 0 Å². The van der Waals surface area contributed by atoms with Gasteiger partial charge in [-0.15, -0.1) is 0 Å². The normalized spacial score (nSPS) is 16.5. The highest BCUT2D eigenvalue weighted by atomic mass is 16.1. The van der Waals surface area contributed by atoms with Crippen LogP contribution in [-0.4, -0.2) is 60.1 Å². The summed E-state index contributed by atoms with van der Waals surface area (Å²) in [7, 11) is 2.16. The maximum atomic E-state index is 13.8. The van der Waals surface area contributed by atoms with Crippen molar-refractivity contribution in [2.75, 3.05) is 44.7 Å². The minimum absolute atomic E-state index is 0.0795. The molecule has 40 heavy (non-hydrogen) atoms. The molecule has 1 saturated heterocycles. The Bertz CT molecular complexity index is 1490. The zero-order valence-electron chi connectivity index (χ0n) is 24.6. The molecule has 0 radical (unpaired) electrons. The maximum Gasteiger partial charge on any atom is 0.252 e. The lowest BCUT2D eigenvalue weighted by Gasteiger charge is -2.33. The molecule has 5 rings (SSSR count). The van der Waals surface area contributed by atoms with Crippen LogP contribution in [0.5, 0.6) is 0 Å². The topological polar surface area (TPSA) is 65.4 Å². The number of allylic oxidation sites excluding steroid dienone is 3. The number of nitrogens with zero attached hydrogens (tertiary/aromatic N) is 4. The van der Waals surface area contributed by atoms with Crippen molar-refractivity contribution >= 4 is 22.6 Å². The average Bonchev–Trinajstić information content (AvgIpc) is 3.37. The molecule has 1 aromatic carbocycles. The van der Waals surface area contributed by atoms with Gasteiger partial charge in [-0.25, -0.2) is 4.98 Å². The Balaban J connectivity index is 1.50. The number of likely N-dealkylation sites (N-methyl/N-ethyl adjacent to an activating group) is 1. The molecule has 2 aromatic heterocycles. The average molecular weight is 539 g/mol. The molecule has 2 aliphatic rings. The number of pyridine rings is 1. The summed E-state index contributed by atoms with van der Waals surface area (Å²) in [4.78, 5) is 23.2. The van der Waals surface area contributed by atoms with E-state index in [9.17, 15) is 4.79 Å². The lowest BCUT2D eigenvalue weighted by atomic mass is 9.96. The van der Waals surface area contributed by atoms with Crippen LogP contribution in [0.3, 0.4) is 0 Å². The van der Waals surface area contributed by atoms with E-state index in [1.807, 2.05) is 25.3 Å². The smallest absolute Gasteiger partial charge is 0.252 e. The van der Waals surface area contributed by atoms with E-state index in [1.54, 1.807) is 0 Å². The molecule has 1 amide bonds. The molecule has 0 bridgehead atoms. The lowest BCUT2D eigenvalue weighted by Crippen LogP contribution is -2.44. The number of anilines is 1. The first-order chi connectivity index (χ1) is 19.2. The predicted molar refractivity (Wildman–Crippen MR) is 166 cm³/mol. The molecule has 0 spiro atoms. The van der Waals surface area contributed by atoms with E-state index in [-0.39, 0.29) is 11.9 Å². The van der Waals surface area contributed by atoms with E-state index in [1.165, 1.54) is 5.57 Å². The van der Waals surface area contributed by atoms with Gasteiger partial charge in [0.25, 0.3) is 5.91 Å². The highest BCUT2D eigenvalue weighted by Crippen LogP contribution is 2.32. The van der Waals surface area contributed by atoms with E-state index in [0.717, 1.165) is 83.8 Å². The highest BCUT2D eigenvalue weighted by molar-refractivity contribution is 6.08. The molecule has 4 heterocycles. The molecule has 7 heteroatoms. The summed E-state index contributed by atoms with van der Waals surface area (Å²) < 4.78 is 2.24. The Hall–Kier alpha value is -3.84. The maximum absolute atomic E-state index is 13.8. The van der Waals surface area contributed by atoms with Crippen molar-refractivity contribution in [2.45, 2.75) is 46.6 Å². The summed E-state index contributed by atoms with van der Waals surface area (Å²) in [6.45, 7) is 17.2. The van der Waals surface area contributed by atoms with Gasteiger partial charge in [-0.1, -0.05) is 19.9 Å². The molecule has 3 aromatic rings. The first-order valence-electron chi connectivity index (χ1n) is 14.4. The van der Waals surface area contributed by atoms with Crippen LogP contribution in [0.25, 0.3) is 22.0 Å². The number of hydrogen-bond acceptors (Lipinski definition) is 5. The second kappa shape index (κ2) is 11.7. The van der Waals surface area contributed by atoms with Crippen molar-refractivity contribution in [1.82, 2.24) is 25.1 Å². The number of piperazine rings is 1.